The number of carbonyl (C=O) groups is 3. The molecule has 0 aromatic rings. The summed E-state index contributed by atoms with van der Waals surface area (Å²) in [5.41, 5.74) is 4.89. The smallest absolute Gasteiger partial charge is 0.242 e. The average molecular weight is 187 g/mol. The summed E-state index contributed by atoms with van der Waals surface area (Å²) in [5.74, 6) is -1.45. The van der Waals surface area contributed by atoms with E-state index in [9.17, 15) is 14.4 Å². The fourth-order valence-electron chi connectivity index (χ4n) is 0.830. The summed E-state index contributed by atoms with van der Waals surface area (Å²) in [4.78, 5) is 32.2. The SMILES string of the molecule is CNC(=O)C(CC(N)=O)NC(C)=O. The molecule has 0 saturated carbocycles. The third-order valence-corrected chi connectivity index (χ3v) is 1.35. The number of rotatable bonds is 4. The quantitative estimate of drug-likeness (QED) is 0.479. The van der Waals surface area contributed by atoms with Crippen molar-refractivity contribution in [2.75, 3.05) is 7.05 Å². The largest absolute Gasteiger partial charge is 0.370 e. The second kappa shape index (κ2) is 5.13. The Hall–Kier alpha value is -1.59. The maximum absolute atomic E-state index is 11.0. The van der Waals surface area contributed by atoms with Crippen LogP contribution in [0, 0.1) is 0 Å². The summed E-state index contributed by atoms with van der Waals surface area (Å²) in [6.45, 7) is 1.26. The van der Waals surface area contributed by atoms with E-state index >= 15 is 0 Å². The molecule has 0 aliphatic rings. The summed E-state index contributed by atoms with van der Waals surface area (Å²) >= 11 is 0. The first-order valence-electron chi connectivity index (χ1n) is 3.74. The Morgan fingerprint density at radius 2 is 1.92 bits per heavy atom. The van der Waals surface area contributed by atoms with Gasteiger partial charge in [0.15, 0.2) is 0 Å². The zero-order valence-electron chi connectivity index (χ0n) is 7.59. The van der Waals surface area contributed by atoms with Crippen molar-refractivity contribution in [2.24, 2.45) is 5.73 Å². The molecular weight excluding hydrogens is 174 g/mol. The molecule has 0 aliphatic carbocycles. The highest BCUT2D eigenvalue weighted by Gasteiger charge is 2.19. The summed E-state index contributed by atoms with van der Waals surface area (Å²) in [5, 5.41) is 4.62. The fraction of sp³-hybridized carbons (Fsp3) is 0.571. The molecule has 74 valence electrons. The highest BCUT2D eigenvalue weighted by molar-refractivity contribution is 5.90. The van der Waals surface area contributed by atoms with Gasteiger partial charge in [0, 0.05) is 14.0 Å². The Balaban J connectivity index is 4.26. The topological polar surface area (TPSA) is 101 Å². The van der Waals surface area contributed by atoms with Crippen molar-refractivity contribution in [1.29, 1.82) is 0 Å². The fourth-order valence-corrected chi connectivity index (χ4v) is 0.830. The standard InChI is InChI=1S/C7H13N3O3/c1-4(11)10-5(3-6(8)12)7(13)9-2/h5H,3H2,1-2H3,(H2,8,12)(H,9,13)(H,10,11). The van der Waals surface area contributed by atoms with E-state index in [1.165, 1.54) is 14.0 Å². The number of nitrogens with two attached hydrogens (primary N) is 1. The Kier molecular flexibility index (Phi) is 4.50. The lowest BCUT2D eigenvalue weighted by atomic mass is 10.2. The summed E-state index contributed by atoms with van der Waals surface area (Å²) in [6.07, 6.45) is -0.195. The zero-order valence-corrected chi connectivity index (χ0v) is 7.59. The van der Waals surface area contributed by atoms with Gasteiger partial charge in [-0.25, -0.2) is 0 Å². The van der Waals surface area contributed by atoms with Gasteiger partial charge < -0.3 is 16.4 Å². The monoisotopic (exact) mass is 187 g/mol. The van der Waals surface area contributed by atoms with Crippen LogP contribution >= 0.6 is 0 Å². The molecule has 0 aromatic carbocycles. The van der Waals surface area contributed by atoms with Crippen molar-refractivity contribution in [3.63, 3.8) is 0 Å². The molecule has 13 heavy (non-hydrogen) atoms. The zero-order chi connectivity index (χ0) is 10.4. The lowest BCUT2D eigenvalue weighted by molar-refractivity contribution is -0.130. The number of hydrogen-bond acceptors (Lipinski definition) is 3. The molecule has 0 aliphatic heterocycles. The van der Waals surface area contributed by atoms with Gasteiger partial charge in [0.25, 0.3) is 0 Å². The van der Waals surface area contributed by atoms with Crippen molar-refractivity contribution < 1.29 is 14.4 Å². The summed E-state index contributed by atoms with van der Waals surface area (Å²) < 4.78 is 0. The maximum atomic E-state index is 11.0. The molecule has 0 bridgehead atoms. The van der Waals surface area contributed by atoms with E-state index in [1.54, 1.807) is 0 Å². The van der Waals surface area contributed by atoms with Crippen molar-refractivity contribution >= 4 is 17.7 Å². The minimum atomic E-state index is -0.875. The summed E-state index contributed by atoms with van der Waals surface area (Å²) in [7, 11) is 1.41. The molecule has 0 rings (SSSR count). The van der Waals surface area contributed by atoms with Crippen LogP contribution in [0.25, 0.3) is 0 Å². The van der Waals surface area contributed by atoms with Crippen LogP contribution in [0.15, 0.2) is 0 Å². The van der Waals surface area contributed by atoms with Gasteiger partial charge in [0.05, 0.1) is 6.42 Å². The molecular formula is C7H13N3O3. The number of hydrogen-bond donors (Lipinski definition) is 3. The van der Waals surface area contributed by atoms with Crippen LogP contribution in [0.1, 0.15) is 13.3 Å². The first-order valence-corrected chi connectivity index (χ1v) is 3.74. The maximum Gasteiger partial charge on any atom is 0.242 e. The summed E-state index contributed by atoms with van der Waals surface area (Å²) in [6, 6.07) is -0.875. The van der Waals surface area contributed by atoms with Gasteiger partial charge in [-0.05, 0) is 0 Å². The van der Waals surface area contributed by atoms with Crippen LogP contribution in [0.4, 0.5) is 0 Å². The molecule has 0 aromatic heterocycles. The Morgan fingerprint density at radius 3 is 2.23 bits per heavy atom. The van der Waals surface area contributed by atoms with E-state index in [0.717, 1.165) is 0 Å². The van der Waals surface area contributed by atoms with Crippen molar-refractivity contribution in [1.82, 2.24) is 10.6 Å². The number of nitrogens with one attached hydrogen (secondary N) is 2. The highest BCUT2D eigenvalue weighted by atomic mass is 16.2. The van der Waals surface area contributed by atoms with E-state index in [-0.39, 0.29) is 12.3 Å². The molecule has 0 fully saturated rings. The average Bonchev–Trinajstić information content (AvgIpc) is 2.00. The third kappa shape index (κ3) is 4.78. The number of amides is 3. The van der Waals surface area contributed by atoms with Gasteiger partial charge in [0.1, 0.15) is 6.04 Å². The first-order chi connectivity index (χ1) is 5.97. The lowest BCUT2D eigenvalue weighted by Crippen LogP contribution is -2.46. The van der Waals surface area contributed by atoms with Crippen LogP contribution in [-0.2, 0) is 14.4 Å². The normalized spacial score (nSPS) is 11.5. The van der Waals surface area contributed by atoms with Crippen molar-refractivity contribution in [3.05, 3.63) is 0 Å². The molecule has 0 radical (unpaired) electrons. The third-order valence-electron chi connectivity index (χ3n) is 1.35. The van der Waals surface area contributed by atoms with Gasteiger partial charge in [-0.15, -0.1) is 0 Å². The highest BCUT2D eigenvalue weighted by Crippen LogP contribution is 1.90. The molecule has 4 N–H and O–H groups in total. The van der Waals surface area contributed by atoms with Gasteiger partial charge in [0.2, 0.25) is 17.7 Å². The molecule has 6 heteroatoms. The minimum Gasteiger partial charge on any atom is -0.370 e. The van der Waals surface area contributed by atoms with E-state index < -0.39 is 17.9 Å². The van der Waals surface area contributed by atoms with Gasteiger partial charge in [-0.1, -0.05) is 0 Å². The molecule has 1 atom stereocenters. The molecule has 0 saturated heterocycles. The predicted octanol–water partition coefficient (Wildman–Crippen LogP) is -1.89. The van der Waals surface area contributed by atoms with Gasteiger partial charge >= 0.3 is 0 Å². The number of carbonyl (C=O) groups excluding carboxylic acids is 3. The molecule has 0 spiro atoms. The Morgan fingerprint density at radius 1 is 1.38 bits per heavy atom. The van der Waals surface area contributed by atoms with E-state index in [0.29, 0.717) is 0 Å². The molecule has 0 heterocycles. The molecule has 3 amide bonds. The Bertz CT molecular complexity index is 211. The first kappa shape index (κ1) is 11.4. The lowest BCUT2D eigenvalue weighted by Gasteiger charge is -2.13. The van der Waals surface area contributed by atoms with E-state index in [2.05, 4.69) is 10.6 Å². The van der Waals surface area contributed by atoms with Crippen LogP contribution < -0.4 is 16.4 Å². The van der Waals surface area contributed by atoms with Crippen molar-refractivity contribution in [2.45, 2.75) is 19.4 Å². The van der Waals surface area contributed by atoms with E-state index in [4.69, 9.17) is 5.73 Å². The number of primary amides is 1. The van der Waals surface area contributed by atoms with Crippen LogP contribution in [-0.4, -0.2) is 30.8 Å². The second-order valence-electron chi connectivity index (χ2n) is 2.54. The molecule has 1 unspecified atom stereocenters. The van der Waals surface area contributed by atoms with Crippen LogP contribution in [0.3, 0.4) is 0 Å². The van der Waals surface area contributed by atoms with Crippen molar-refractivity contribution in [3.8, 4) is 0 Å². The van der Waals surface area contributed by atoms with Gasteiger partial charge in [-0.3, -0.25) is 14.4 Å². The Labute approximate surface area is 75.9 Å². The minimum absolute atomic E-state index is 0.195. The van der Waals surface area contributed by atoms with Crippen LogP contribution in [0.5, 0.6) is 0 Å². The van der Waals surface area contributed by atoms with Gasteiger partial charge in [-0.2, -0.15) is 0 Å². The van der Waals surface area contributed by atoms with E-state index in [1.807, 2.05) is 0 Å². The second-order valence-corrected chi connectivity index (χ2v) is 2.54. The molecule has 6 nitrogen and oxygen atoms in total. The van der Waals surface area contributed by atoms with Crippen LogP contribution in [0.2, 0.25) is 0 Å². The number of likely N-dealkylation sites (N-methyl/N-ethyl adjacent to an activating group) is 1. The predicted molar refractivity (Wildman–Crippen MR) is 45.5 cm³/mol.